The summed E-state index contributed by atoms with van der Waals surface area (Å²) in [6, 6.07) is 10.8. The number of methoxy groups -OCH3 is 1. The van der Waals surface area contributed by atoms with Crippen LogP contribution in [0.3, 0.4) is 0 Å². The lowest BCUT2D eigenvalue weighted by molar-refractivity contribution is 0.0954. The normalized spacial score (nSPS) is 11.1. The summed E-state index contributed by atoms with van der Waals surface area (Å²) in [6.45, 7) is 4.48. The topological polar surface area (TPSA) is 87.9 Å². The summed E-state index contributed by atoms with van der Waals surface area (Å²) in [5.41, 5.74) is 0.602. The van der Waals surface area contributed by atoms with Crippen LogP contribution in [0.5, 0.6) is 5.75 Å². The van der Waals surface area contributed by atoms with Gasteiger partial charge in [-0.2, -0.15) is 0 Å². The van der Waals surface area contributed by atoms with E-state index in [1.807, 2.05) is 19.1 Å². The fourth-order valence-electron chi connectivity index (χ4n) is 2.28. The van der Waals surface area contributed by atoms with Gasteiger partial charge in [0.25, 0.3) is 5.91 Å². The van der Waals surface area contributed by atoms with Crippen LogP contribution in [0.2, 0.25) is 0 Å². The molecule has 0 aliphatic heterocycles. The Balaban J connectivity index is 1.71. The van der Waals surface area contributed by atoms with E-state index in [1.165, 1.54) is 0 Å². The third kappa shape index (κ3) is 6.51. The van der Waals surface area contributed by atoms with Crippen LogP contribution >= 0.6 is 0 Å². The highest BCUT2D eigenvalue weighted by Gasteiger charge is 2.05. The van der Waals surface area contributed by atoms with Gasteiger partial charge < -0.3 is 25.1 Å². The lowest BCUT2D eigenvalue weighted by Crippen LogP contribution is -2.41. The van der Waals surface area contributed by atoms with Gasteiger partial charge in [-0.25, -0.2) is 0 Å². The number of rotatable bonds is 9. The number of carbonyl (C=O) groups is 1. The summed E-state index contributed by atoms with van der Waals surface area (Å²) in [4.78, 5) is 16.6. The fraction of sp³-hybridized carbons (Fsp3) is 0.368. The van der Waals surface area contributed by atoms with E-state index < -0.39 is 0 Å². The smallest absolute Gasteiger partial charge is 0.251 e. The molecule has 2 aromatic rings. The summed E-state index contributed by atoms with van der Waals surface area (Å²) in [5, 5.41) is 9.25. The van der Waals surface area contributed by atoms with E-state index in [4.69, 9.17) is 9.15 Å². The number of hydrogen-bond acceptors (Lipinski definition) is 4. The van der Waals surface area contributed by atoms with Gasteiger partial charge in [-0.1, -0.05) is 0 Å². The van der Waals surface area contributed by atoms with Crippen molar-refractivity contribution in [1.82, 2.24) is 16.0 Å². The van der Waals surface area contributed by atoms with E-state index in [-0.39, 0.29) is 5.91 Å². The monoisotopic (exact) mass is 358 g/mol. The zero-order valence-corrected chi connectivity index (χ0v) is 15.2. The first-order chi connectivity index (χ1) is 12.7. The van der Waals surface area contributed by atoms with Gasteiger partial charge in [0.1, 0.15) is 11.5 Å². The Hall–Kier alpha value is -2.96. The molecule has 0 radical (unpaired) electrons. The maximum atomic E-state index is 12.1. The fourth-order valence-corrected chi connectivity index (χ4v) is 2.28. The van der Waals surface area contributed by atoms with Crippen LogP contribution < -0.4 is 20.7 Å². The lowest BCUT2D eigenvalue weighted by atomic mass is 10.2. The molecule has 0 unspecified atom stereocenters. The molecular formula is C19H26N4O3. The Morgan fingerprint density at radius 1 is 1.12 bits per heavy atom. The van der Waals surface area contributed by atoms with E-state index in [0.717, 1.165) is 30.4 Å². The van der Waals surface area contributed by atoms with Crippen molar-refractivity contribution in [3.05, 3.63) is 54.0 Å². The van der Waals surface area contributed by atoms with Crippen molar-refractivity contribution >= 4 is 11.9 Å². The Morgan fingerprint density at radius 2 is 1.88 bits per heavy atom. The minimum atomic E-state index is -0.116. The van der Waals surface area contributed by atoms with Crippen LogP contribution in [0, 0.1) is 0 Å². The average Bonchev–Trinajstić information content (AvgIpc) is 3.18. The molecule has 2 rings (SSSR count). The molecular weight excluding hydrogens is 332 g/mol. The molecule has 0 fully saturated rings. The van der Waals surface area contributed by atoms with Crippen molar-refractivity contribution in [3.8, 4) is 5.75 Å². The summed E-state index contributed by atoms with van der Waals surface area (Å²) < 4.78 is 10.4. The molecule has 1 aromatic carbocycles. The SMILES string of the molecule is CCNC(=NCCc1ccco1)NCCNC(=O)c1ccc(OC)cc1. The van der Waals surface area contributed by atoms with E-state index in [1.54, 1.807) is 37.6 Å². The first kappa shape index (κ1) is 19.4. The molecule has 1 heterocycles. The van der Waals surface area contributed by atoms with E-state index in [9.17, 15) is 4.79 Å². The number of ether oxygens (including phenoxy) is 1. The molecule has 0 aliphatic rings. The van der Waals surface area contributed by atoms with Gasteiger partial charge in [0, 0.05) is 38.2 Å². The van der Waals surface area contributed by atoms with Crippen molar-refractivity contribution in [2.24, 2.45) is 4.99 Å². The number of nitrogens with one attached hydrogen (secondary N) is 3. The second-order valence-corrected chi connectivity index (χ2v) is 5.50. The standard InChI is InChI=1S/C19H26N4O3/c1-3-20-19(22-11-10-17-5-4-14-26-17)23-13-12-21-18(24)15-6-8-16(25-2)9-7-15/h4-9,14H,3,10-13H2,1-2H3,(H,21,24)(H2,20,22,23). The van der Waals surface area contributed by atoms with Crippen molar-refractivity contribution in [3.63, 3.8) is 0 Å². The van der Waals surface area contributed by atoms with Crippen LogP contribution in [0.4, 0.5) is 0 Å². The van der Waals surface area contributed by atoms with Gasteiger partial charge in [0.15, 0.2) is 5.96 Å². The van der Waals surface area contributed by atoms with E-state index in [0.29, 0.717) is 25.2 Å². The van der Waals surface area contributed by atoms with Crippen LogP contribution in [-0.2, 0) is 6.42 Å². The number of hydrogen-bond donors (Lipinski definition) is 3. The Kier molecular flexibility index (Phi) is 8.05. The third-order valence-corrected chi connectivity index (χ3v) is 3.61. The summed E-state index contributed by atoms with van der Waals surface area (Å²) in [6.07, 6.45) is 2.41. The number of amides is 1. The number of benzene rings is 1. The number of aliphatic imine (C=N–C) groups is 1. The zero-order chi connectivity index (χ0) is 18.6. The van der Waals surface area contributed by atoms with Crippen LogP contribution in [-0.4, -0.2) is 45.2 Å². The highest BCUT2D eigenvalue weighted by Crippen LogP contribution is 2.10. The molecule has 3 N–H and O–H groups in total. The molecule has 0 bridgehead atoms. The quantitative estimate of drug-likeness (QED) is 0.361. The predicted molar refractivity (Wildman–Crippen MR) is 102 cm³/mol. The molecule has 0 saturated heterocycles. The number of furan rings is 1. The molecule has 7 heteroatoms. The van der Waals surface area contributed by atoms with Gasteiger partial charge in [-0.15, -0.1) is 0 Å². The molecule has 1 amide bonds. The number of guanidine groups is 1. The molecule has 0 aliphatic carbocycles. The molecule has 7 nitrogen and oxygen atoms in total. The Labute approximate surface area is 153 Å². The third-order valence-electron chi connectivity index (χ3n) is 3.61. The van der Waals surface area contributed by atoms with Crippen LogP contribution in [0.25, 0.3) is 0 Å². The van der Waals surface area contributed by atoms with Gasteiger partial charge in [0.05, 0.1) is 13.4 Å². The number of carbonyl (C=O) groups excluding carboxylic acids is 1. The molecule has 0 saturated carbocycles. The maximum Gasteiger partial charge on any atom is 0.251 e. The summed E-state index contributed by atoms with van der Waals surface area (Å²) in [5.74, 6) is 2.24. The highest BCUT2D eigenvalue weighted by molar-refractivity contribution is 5.94. The van der Waals surface area contributed by atoms with Gasteiger partial charge >= 0.3 is 0 Å². The highest BCUT2D eigenvalue weighted by atomic mass is 16.5. The van der Waals surface area contributed by atoms with Crippen molar-refractivity contribution in [1.29, 1.82) is 0 Å². The first-order valence-electron chi connectivity index (χ1n) is 8.69. The largest absolute Gasteiger partial charge is 0.497 e. The van der Waals surface area contributed by atoms with Crippen LogP contribution in [0.1, 0.15) is 23.0 Å². The minimum absolute atomic E-state index is 0.116. The van der Waals surface area contributed by atoms with E-state index in [2.05, 4.69) is 20.9 Å². The van der Waals surface area contributed by atoms with Crippen molar-refractivity contribution in [2.45, 2.75) is 13.3 Å². The van der Waals surface area contributed by atoms with Crippen molar-refractivity contribution < 1.29 is 13.9 Å². The summed E-state index contributed by atoms with van der Waals surface area (Å²) in [7, 11) is 1.60. The second kappa shape index (κ2) is 10.8. The molecule has 1 aromatic heterocycles. The molecule has 0 spiro atoms. The van der Waals surface area contributed by atoms with Gasteiger partial charge in [-0.3, -0.25) is 9.79 Å². The Bertz CT molecular complexity index is 681. The van der Waals surface area contributed by atoms with Crippen LogP contribution in [0.15, 0.2) is 52.1 Å². The molecule has 140 valence electrons. The Morgan fingerprint density at radius 3 is 2.54 bits per heavy atom. The zero-order valence-electron chi connectivity index (χ0n) is 15.2. The second-order valence-electron chi connectivity index (χ2n) is 5.50. The number of nitrogens with zero attached hydrogens (tertiary/aromatic N) is 1. The molecule has 26 heavy (non-hydrogen) atoms. The average molecular weight is 358 g/mol. The first-order valence-corrected chi connectivity index (χ1v) is 8.69. The van der Waals surface area contributed by atoms with Gasteiger partial charge in [0.2, 0.25) is 0 Å². The lowest BCUT2D eigenvalue weighted by Gasteiger charge is -2.12. The van der Waals surface area contributed by atoms with Gasteiger partial charge in [-0.05, 0) is 43.3 Å². The minimum Gasteiger partial charge on any atom is -0.497 e. The van der Waals surface area contributed by atoms with E-state index >= 15 is 0 Å². The predicted octanol–water partition coefficient (Wildman–Crippen LogP) is 1.82. The molecule has 0 atom stereocenters. The van der Waals surface area contributed by atoms with Crippen molar-refractivity contribution in [2.75, 3.05) is 33.3 Å². The summed E-state index contributed by atoms with van der Waals surface area (Å²) >= 11 is 0. The maximum absolute atomic E-state index is 12.1.